The molecule has 0 aliphatic rings. The first-order valence-electron chi connectivity index (χ1n) is 6.93. The van der Waals surface area contributed by atoms with E-state index in [0.717, 1.165) is 16.0 Å². The molecule has 0 bridgehead atoms. The van der Waals surface area contributed by atoms with Gasteiger partial charge in [-0.3, -0.25) is 10.1 Å². The Morgan fingerprint density at radius 1 is 1.32 bits per heavy atom. The van der Waals surface area contributed by atoms with Crippen LogP contribution in [0.5, 0.6) is 0 Å². The van der Waals surface area contributed by atoms with E-state index >= 15 is 0 Å². The summed E-state index contributed by atoms with van der Waals surface area (Å²) in [5.74, 6) is 0.678. The average molecular weight is 313 g/mol. The number of furan rings is 1. The maximum atomic E-state index is 11.9. The number of benzene rings is 1. The zero-order valence-electron chi connectivity index (χ0n) is 12.2. The summed E-state index contributed by atoms with van der Waals surface area (Å²) in [4.78, 5) is 11.9. The predicted octanol–water partition coefficient (Wildman–Crippen LogP) is 4.06. The predicted molar refractivity (Wildman–Crippen MR) is 87.9 cm³/mol. The SMILES string of the molecule is CC(C)c1nnc(NC(=O)/C=C/c2cc3ccccc3o2)s1. The molecule has 0 fully saturated rings. The molecule has 112 valence electrons. The third-order valence-corrected chi connectivity index (χ3v) is 4.15. The summed E-state index contributed by atoms with van der Waals surface area (Å²) in [6.45, 7) is 4.07. The molecule has 3 aromatic rings. The Morgan fingerprint density at radius 3 is 2.86 bits per heavy atom. The molecule has 0 aliphatic heterocycles. The third kappa shape index (κ3) is 3.23. The highest BCUT2D eigenvalue weighted by Crippen LogP contribution is 2.22. The largest absolute Gasteiger partial charge is 0.457 e. The second-order valence-electron chi connectivity index (χ2n) is 5.11. The summed E-state index contributed by atoms with van der Waals surface area (Å²) in [6.07, 6.45) is 3.06. The molecule has 0 aliphatic carbocycles. The number of nitrogens with one attached hydrogen (secondary N) is 1. The molecule has 0 spiro atoms. The van der Waals surface area contributed by atoms with Crippen LogP contribution in [0.3, 0.4) is 0 Å². The number of hydrogen-bond acceptors (Lipinski definition) is 5. The van der Waals surface area contributed by atoms with Crippen molar-refractivity contribution < 1.29 is 9.21 Å². The number of nitrogens with zero attached hydrogens (tertiary/aromatic N) is 2. The molecule has 0 saturated carbocycles. The van der Waals surface area contributed by atoms with Crippen molar-refractivity contribution in [3.63, 3.8) is 0 Å². The van der Waals surface area contributed by atoms with Crippen LogP contribution in [0.2, 0.25) is 0 Å². The zero-order chi connectivity index (χ0) is 15.5. The van der Waals surface area contributed by atoms with E-state index in [1.165, 1.54) is 17.4 Å². The summed E-state index contributed by atoms with van der Waals surface area (Å²) in [5.41, 5.74) is 0.799. The van der Waals surface area contributed by atoms with Gasteiger partial charge in [-0.15, -0.1) is 10.2 Å². The quantitative estimate of drug-likeness (QED) is 0.738. The van der Waals surface area contributed by atoms with Gasteiger partial charge >= 0.3 is 0 Å². The van der Waals surface area contributed by atoms with Crippen molar-refractivity contribution in [3.05, 3.63) is 47.2 Å². The van der Waals surface area contributed by atoms with Crippen LogP contribution in [-0.4, -0.2) is 16.1 Å². The Morgan fingerprint density at radius 2 is 2.14 bits per heavy atom. The molecule has 0 radical (unpaired) electrons. The van der Waals surface area contributed by atoms with E-state index in [1.54, 1.807) is 6.08 Å². The fourth-order valence-electron chi connectivity index (χ4n) is 1.91. The van der Waals surface area contributed by atoms with E-state index < -0.39 is 0 Å². The number of carbonyl (C=O) groups is 1. The maximum Gasteiger partial charge on any atom is 0.250 e. The highest BCUT2D eigenvalue weighted by molar-refractivity contribution is 7.15. The van der Waals surface area contributed by atoms with Gasteiger partial charge in [0.1, 0.15) is 16.4 Å². The number of para-hydroxylation sites is 1. The molecule has 1 amide bonds. The zero-order valence-corrected chi connectivity index (χ0v) is 13.1. The van der Waals surface area contributed by atoms with E-state index in [0.29, 0.717) is 16.8 Å². The Hall–Kier alpha value is -2.47. The van der Waals surface area contributed by atoms with Gasteiger partial charge in [-0.05, 0) is 18.2 Å². The second-order valence-corrected chi connectivity index (χ2v) is 6.12. The third-order valence-electron chi connectivity index (χ3n) is 3.01. The Kier molecular flexibility index (Phi) is 4.02. The molecule has 2 aromatic heterocycles. The van der Waals surface area contributed by atoms with Gasteiger partial charge in [-0.25, -0.2) is 0 Å². The number of anilines is 1. The number of hydrogen-bond donors (Lipinski definition) is 1. The Bertz CT molecular complexity index is 800. The first-order chi connectivity index (χ1) is 10.6. The number of amides is 1. The molecule has 3 rings (SSSR count). The number of fused-ring (bicyclic) bond motifs is 1. The van der Waals surface area contributed by atoms with Crippen molar-refractivity contribution in [2.45, 2.75) is 19.8 Å². The fraction of sp³-hybridized carbons (Fsp3) is 0.188. The average Bonchev–Trinajstić information content (AvgIpc) is 3.11. The van der Waals surface area contributed by atoms with Crippen LogP contribution in [0.4, 0.5) is 5.13 Å². The minimum Gasteiger partial charge on any atom is -0.457 e. The molecule has 0 atom stereocenters. The van der Waals surface area contributed by atoms with E-state index in [-0.39, 0.29) is 5.91 Å². The minimum absolute atomic E-state index is 0.257. The summed E-state index contributed by atoms with van der Waals surface area (Å²) in [6, 6.07) is 9.60. The lowest BCUT2D eigenvalue weighted by Crippen LogP contribution is -2.07. The number of carbonyl (C=O) groups excluding carboxylic acids is 1. The fourth-order valence-corrected chi connectivity index (χ4v) is 2.66. The Balaban J connectivity index is 1.67. The van der Waals surface area contributed by atoms with E-state index in [9.17, 15) is 4.79 Å². The first-order valence-corrected chi connectivity index (χ1v) is 7.74. The van der Waals surface area contributed by atoms with Crippen LogP contribution < -0.4 is 5.32 Å². The van der Waals surface area contributed by atoms with Crippen molar-refractivity contribution in [3.8, 4) is 0 Å². The van der Waals surface area contributed by atoms with E-state index in [1.807, 2.05) is 44.2 Å². The summed E-state index contributed by atoms with van der Waals surface area (Å²) in [7, 11) is 0. The van der Waals surface area contributed by atoms with Crippen LogP contribution in [0, 0.1) is 0 Å². The standard InChI is InChI=1S/C16H15N3O2S/c1-10(2)15-18-19-16(22-15)17-14(20)8-7-12-9-11-5-3-4-6-13(11)21-12/h3-10H,1-2H3,(H,17,19,20)/b8-7+. The van der Waals surface area contributed by atoms with E-state index in [2.05, 4.69) is 15.5 Å². The highest BCUT2D eigenvalue weighted by atomic mass is 32.1. The van der Waals surface area contributed by atoms with Gasteiger partial charge in [0.25, 0.3) is 0 Å². The molecule has 0 saturated heterocycles. The molecule has 0 unspecified atom stereocenters. The summed E-state index contributed by atoms with van der Waals surface area (Å²) in [5, 5.41) is 13.1. The molecule has 2 heterocycles. The molecule has 22 heavy (non-hydrogen) atoms. The molecular weight excluding hydrogens is 298 g/mol. The summed E-state index contributed by atoms with van der Waals surface area (Å²) < 4.78 is 5.61. The van der Waals surface area contributed by atoms with Crippen LogP contribution in [0.15, 0.2) is 40.8 Å². The Labute approximate surface area is 131 Å². The maximum absolute atomic E-state index is 11.9. The van der Waals surface area contributed by atoms with Gasteiger partial charge in [0.05, 0.1) is 0 Å². The van der Waals surface area contributed by atoms with Gasteiger partial charge < -0.3 is 4.42 Å². The first kappa shape index (κ1) is 14.5. The van der Waals surface area contributed by atoms with Gasteiger partial charge in [-0.1, -0.05) is 43.4 Å². The molecule has 5 nitrogen and oxygen atoms in total. The van der Waals surface area contributed by atoms with Crippen LogP contribution in [0.25, 0.3) is 17.0 Å². The van der Waals surface area contributed by atoms with Gasteiger partial charge in [0, 0.05) is 17.4 Å². The lowest BCUT2D eigenvalue weighted by Gasteiger charge is -1.95. The molecule has 6 heteroatoms. The lowest BCUT2D eigenvalue weighted by atomic mass is 10.2. The minimum atomic E-state index is -0.257. The van der Waals surface area contributed by atoms with Crippen LogP contribution >= 0.6 is 11.3 Å². The molecular formula is C16H15N3O2S. The van der Waals surface area contributed by atoms with Crippen molar-refractivity contribution >= 4 is 39.4 Å². The van der Waals surface area contributed by atoms with Crippen LogP contribution in [0.1, 0.15) is 30.5 Å². The normalized spacial score (nSPS) is 11.6. The second kappa shape index (κ2) is 6.11. The molecule has 1 N–H and O–H groups in total. The van der Waals surface area contributed by atoms with Crippen molar-refractivity contribution in [1.82, 2.24) is 10.2 Å². The van der Waals surface area contributed by atoms with Gasteiger partial charge in [0.2, 0.25) is 11.0 Å². The van der Waals surface area contributed by atoms with Crippen molar-refractivity contribution in [2.75, 3.05) is 5.32 Å². The number of aromatic nitrogens is 2. The topological polar surface area (TPSA) is 68.0 Å². The molecule has 1 aromatic carbocycles. The number of rotatable bonds is 4. The van der Waals surface area contributed by atoms with Gasteiger partial charge in [0.15, 0.2) is 0 Å². The highest BCUT2D eigenvalue weighted by Gasteiger charge is 2.09. The van der Waals surface area contributed by atoms with Gasteiger partial charge in [-0.2, -0.15) is 0 Å². The smallest absolute Gasteiger partial charge is 0.250 e. The van der Waals surface area contributed by atoms with Crippen molar-refractivity contribution in [1.29, 1.82) is 0 Å². The lowest BCUT2D eigenvalue weighted by molar-refractivity contribution is -0.111. The van der Waals surface area contributed by atoms with Crippen LogP contribution in [-0.2, 0) is 4.79 Å². The van der Waals surface area contributed by atoms with E-state index in [4.69, 9.17) is 4.42 Å². The monoisotopic (exact) mass is 313 g/mol. The van der Waals surface area contributed by atoms with Crippen molar-refractivity contribution in [2.24, 2.45) is 0 Å². The summed E-state index contributed by atoms with van der Waals surface area (Å²) >= 11 is 1.38.